The highest BCUT2D eigenvalue weighted by molar-refractivity contribution is 5.78. The number of hydrogen-bond acceptors (Lipinski definition) is 3. The minimum atomic E-state index is -0.00265. The number of rotatable bonds is 6. The second-order valence-corrected chi connectivity index (χ2v) is 4.67. The highest BCUT2D eigenvalue weighted by Gasteiger charge is 2.02. The Bertz CT molecular complexity index is 555. The van der Waals surface area contributed by atoms with Crippen LogP contribution in [-0.4, -0.2) is 17.4 Å². The number of amides is 1. The average Bonchev–Trinajstić information content (AvgIpc) is 2.47. The van der Waals surface area contributed by atoms with E-state index in [2.05, 4.69) is 15.6 Å². The summed E-state index contributed by atoms with van der Waals surface area (Å²) in [6.07, 6.45) is 3.52. The smallest absolute Gasteiger partial charge is 0.234 e. The lowest BCUT2D eigenvalue weighted by atomic mass is 10.1. The summed E-state index contributed by atoms with van der Waals surface area (Å²) >= 11 is 0. The molecule has 4 nitrogen and oxygen atoms in total. The summed E-state index contributed by atoms with van der Waals surface area (Å²) in [5, 5.41) is 6.01. The van der Waals surface area contributed by atoms with Gasteiger partial charge in [-0.1, -0.05) is 30.3 Å². The molecule has 0 aliphatic carbocycles. The summed E-state index contributed by atoms with van der Waals surface area (Å²) in [4.78, 5) is 15.8. The maximum absolute atomic E-state index is 11.7. The fraction of sp³-hybridized carbons (Fsp3) is 0.250. The zero-order chi connectivity index (χ0) is 14.2. The first-order chi connectivity index (χ1) is 9.75. The van der Waals surface area contributed by atoms with Crippen LogP contribution < -0.4 is 10.6 Å². The molecule has 2 aromatic rings. The van der Waals surface area contributed by atoms with Gasteiger partial charge in [0, 0.05) is 25.5 Å². The number of aryl methyl sites for hydroxylation is 1. The Hall–Kier alpha value is -2.20. The van der Waals surface area contributed by atoms with Gasteiger partial charge < -0.3 is 10.6 Å². The molecule has 0 unspecified atom stereocenters. The molecule has 1 aromatic carbocycles. The van der Waals surface area contributed by atoms with Crippen molar-refractivity contribution < 1.29 is 4.79 Å². The van der Waals surface area contributed by atoms with Gasteiger partial charge in [0.15, 0.2) is 0 Å². The molecule has 2 N–H and O–H groups in total. The van der Waals surface area contributed by atoms with E-state index in [4.69, 9.17) is 0 Å². The number of nitrogens with one attached hydrogen (secondary N) is 2. The largest absolute Gasteiger partial charge is 0.351 e. The predicted octanol–water partition coefficient (Wildman–Crippen LogP) is 1.80. The molecule has 0 bridgehead atoms. The summed E-state index contributed by atoms with van der Waals surface area (Å²) in [5.41, 5.74) is 3.41. The normalized spacial score (nSPS) is 10.2. The molecule has 1 aromatic heterocycles. The van der Waals surface area contributed by atoms with Crippen molar-refractivity contribution in [3.05, 3.63) is 65.5 Å². The quantitative estimate of drug-likeness (QED) is 0.840. The second kappa shape index (κ2) is 7.40. The minimum absolute atomic E-state index is 0.00265. The predicted molar refractivity (Wildman–Crippen MR) is 79.0 cm³/mol. The molecule has 0 atom stereocenters. The number of carbonyl (C=O) groups excluding carboxylic acids is 1. The summed E-state index contributed by atoms with van der Waals surface area (Å²) in [7, 11) is 0. The van der Waals surface area contributed by atoms with E-state index in [9.17, 15) is 4.79 Å². The van der Waals surface area contributed by atoms with Crippen molar-refractivity contribution in [3.8, 4) is 0 Å². The van der Waals surface area contributed by atoms with Crippen LogP contribution in [-0.2, 0) is 17.9 Å². The maximum atomic E-state index is 11.7. The SMILES string of the molecule is Cc1ccccc1CNC(=O)CNCc1cccnc1. The van der Waals surface area contributed by atoms with E-state index in [0.717, 1.165) is 11.1 Å². The van der Waals surface area contributed by atoms with E-state index < -0.39 is 0 Å². The lowest BCUT2D eigenvalue weighted by Gasteiger charge is -2.08. The van der Waals surface area contributed by atoms with E-state index in [-0.39, 0.29) is 5.91 Å². The van der Waals surface area contributed by atoms with Gasteiger partial charge in [-0.2, -0.15) is 0 Å². The summed E-state index contributed by atoms with van der Waals surface area (Å²) < 4.78 is 0. The number of benzene rings is 1. The second-order valence-electron chi connectivity index (χ2n) is 4.67. The molecule has 0 saturated heterocycles. The van der Waals surface area contributed by atoms with Gasteiger partial charge in [0.05, 0.1) is 6.54 Å². The van der Waals surface area contributed by atoms with Crippen LogP contribution in [0.25, 0.3) is 0 Å². The maximum Gasteiger partial charge on any atom is 0.234 e. The minimum Gasteiger partial charge on any atom is -0.351 e. The van der Waals surface area contributed by atoms with Crippen molar-refractivity contribution in [2.45, 2.75) is 20.0 Å². The van der Waals surface area contributed by atoms with Crippen molar-refractivity contribution in [2.75, 3.05) is 6.54 Å². The highest BCUT2D eigenvalue weighted by atomic mass is 16.1. The summed E-state index contributed by atoms with van der Waals surface area (Å²) in [6, 6.07) is 11.9. The molecule has 104 valence electrons. The van der Waals surface area contributed by atoms with E-state index in [1.54, 1.807) is 12.4 Å². The Morgan fingerprint density at radius 3 is 2.75 bits per heavy atom. The van der Waals surface area contributed by atoms with Crippen LogP contribution in [0.1, 0.15) is 16.7 Å². The average molecular weight is 269 g/mol. The van der Waals surface area contributed by atoms with Gasteiger partial charge in [-0.15, -0.1) is 0 Å². The number of aromatic nitrogens is 1. The molecular formula is C16H19N3O. The number of carbonyl (C=O) groups is 1. The van der Waals surface area contributed by atoms with Gasteiger partial charge in [-0.05, 0) is 29.7 Å². The third-order valence-electron chi connectivity index (χ3n) is 3.07. The van der Waals surface area contributed by atoms with Crippen LogP contribution in [0.4, 0.5) is 0 Å². The van der Waals surface area contributed by atoms with Crippen molar-refractivity contribution in [2.24, 2.45) is 0 Å². The molecule has 1 amide bonds. The van der Waals surface area contributed by atoms with E-state index >= 15 is 0 Å². The highest BCUT2D eigenvalue weighted by Crippen LogP contribution is 2.05. The molecule has 0 radical (unpaired) electrons. The third-order valence-corrected chi connectivity index (χ3v) is 3.07. The van der Waals surface area contributed by atoms with Crippen LogP contribution in [0.15, 0.2) is 48.8 Å². The molecule has 0 saturated carbocycles. The van der Waals surface area contributed by atoms with Crippen molar-refractivity contribution in [1.82, 2.24) is 15.6 Å². The number of hydrogen-bond donors (Lipinski definition) is 2. The summed E-state index contributed by atoms with van der Waals surface area (Å²) in [6.45, 7) is 3.56. The van der Waals surface area contributed by atoms with Crippen LogP contribution in [0.3, 0.4) is 0 Å². The van der Waals surface area contributed by atoms with Gasteiger partial charge >= 0.3 is 0 Å². The zero-order valence-electron chi connectivity index (χ0n) is 11.6. The van der Waals surface area contributed by atoms with Crippen molar-refractivity contribution >= 4 is 5.91 Å². The van der Waals surface area contributed by atoms with E-state index in [1.165, 1.54) is 5.56 Å². The number of nitrogens with zero attached hydrogens (tertiary/aromatic N) is 1. The van der Waals surface area contributed by atoms with Crippen LogP contribution in [0.2, 0.25) is 0 Å². The molecule has 0 aliphatic heterocycles. The lowest BCUT2D eigenvalue weighted by molar-refractivity contribution is -0.120. The Balaban J connectivity index is 1.70. The fourth-order valence-corrected chi connectivity index (χ4v) is 1.89. The van der Waals surface area contributed by atoms with E-state index in [0.29, 0.717) is 19.6 Å². The van der Waals surface area contributed by atoms with Gasteiger partial charge in [-0.25, -0.2) is 0 Å². The standard InChI is InChI=1S/C16H19N3O/c1-13-5-2-3-7-15(13)11-19-16(20)12-18-10-14-6-4-8-17-9-14/h2-9,18H,10-12H2,1H3,(H,19,20). The van der Waals surface area contributed by atoms with Crippen molar-refractivity contribution in [1.29, 1.82) is 0 Å². The lowest BCUT2D eigenvalue weighted by Crippen LogP contribution is -2.33. The van der Waals surface area contributed by atoms with E-state index in [1.807, 2.05) is 43.3 Å². The zero-order valence-corrected chi connectivity index (χ0v) is 11.6. The molecular weight excluding hydrogens is 250 g/mol. The molecule has 1 heterocycles. The summed E-state index contributed by atoms with van der Waals surface area (Å²) in [5.74, 6) is -0.00265. The Kier molecular flexibility index (Phi) is 5.26. The van der Waals surface area contributed by atoms with Gasteiger partial charge in [0.1, 0.15) is 0 Å². The molecule has 0 aliphatic rings. The van der Waals surface area contributed by atoms with Gasteiger partial charge in [0.25, 0.3) is 0 Å². The van der Waals surface area contributed by atoms with Crippen LogP contribution >= 0.6 is 0 Å². The Morgan fingerprint density at radius 1 is 1.15 bits per heavy atom. The first kappa shape index (κ1) is 14.2. The molecule has 20 heavy (non-hydrogen) atoms. The first-order valence-electron chi connectivity index (χ1n) is 6.66. The molecule has 0 fully saturated rings. The van der Waals surface area contributed by atoms with Gasteiger partial charge in [-0.3, -0.25) is 9.78 Å². The van der Waals surface area contributed by atoms with Gasteiger partial charge in [0.2, 0.25) is 5.91 Å². The first-order valence-corrected chi connectivity index (χ1v) is 6.66. The Labute approximate surface area is 119 Å². The number of pyridine rings is 1. The van der Waals surface area contributed by atoms with Crippen LogP contribution in [0, 0.1) is 6.92 Å². The topological polar surface area (TPSA) is 54.0 Å². The van der Waals surface area contributed by atoms with Crippen LogP contribution in [0.5, 0.6) is 0 Å². The monoisotopic (exact) mass is 269 g/mol. The molecule has 2 rings (SSSR count). The molecule has 4 heteroatoms. The fourth-order valence-electron chi connectivity index (χ4n) is 1.89. The molecule has 0 spiro atoms. The third kappa shape index (κ3) is 4.48. The Morgan fingerprint density at radius 2 is 2.00 bits per heavy atom. The van der Waals surface area contributed by atoms with Crippen molar-refractivity contribution in [3.63, 3.8) is 0 Å².